The molecule has 122 valence electrons. The number of hydrogen-bond acceptors (Lipinski definition) is 4. The van der Waals surface area contributed by atoms with Gasteiger partial charge in [0.25, 0.3) is 0 Å². The maximum absolute atomic E-state index is 11.9. The maximum Gasteiger partial charge on any atom is 0.328 e. The molecule has 1 N–H and O–H groups in total. The predicted molar refractivity (Wildman–Crippen MR) is 91.0 cm³/mol. The lowest BCUT2D eigenvalue weighted by molar-refractivity contribution is -0.145. The maximum atomic E-state index is 11.9. The summed E-state index contributed by atoms with van der Waals surface area (Å²) < 4.78 is 4.73. The molecule has 1 aromatic rings. The number of ether oxygens (including phenoxy) is 1. The van der Waals surface area contributed by atoms with Gasteiger partial charge in [0.1, 0.15) is 6.04 Å². The van der Waals surface area contributed by atoms with Crippen LogP contribution in [0.1, 0.15) is 25.8 Å². The highest BCUT2D eigenvalue weighted by Crippen LogP contribution is 2.16. The van der Waals surface area contributed by atoms with E-state index >= 15 is 0 Å². The van der Waals surface area contributed by atoms with E-state index in [9.17, 15) is 9.59 Å². The number of thioether (sulfide) groups is 1. The minimum atomic E-state index is -0.579. The van der Waals surface area contributed by atoms with Gasteiger partial charge in [-0.1, -0.05) is 37.6 Å². The Balaban J connectivity index is 2.41. The highest BCUT2D eigenvalue weighted by atomic mass is 35.5. The zero-order valence-electron chi connectivity index (χ0n) is 13.1. The number of carbonyl (C=O) groups excluding carboxylic acids is 2. The molecule has 0 spiro atoms. The van der Waals surface area contributed by atoms with Gasteiger partial charge in [0, 0.05) is 10.8 Å². The van der Waals surface area contributed by atoms with Crippen molar-refractivity contribution < 1.29 is 14.3 Å². The second-order valence-corrected chi connectivity index (χ2v) is 6.82. The molecular formula is C16H22ClNO3S. The number of halogens is 1. The number of methoxy groups -OCH3 is 1. The molecule has 0 aliphatic carbocycles. The Morgan fingerprint density at radius 2 is 2.09 bits per heavy atom. The Bertz CT molecular complexity index is 508. The molecule has 6 heteroatoms. The molecule has 0 saturated carbocycles. The van der Waals surface area contributed by atoms with Gasteiger partial charge in [0.15, 0.2) is 0 Å². The van der Waals surface area contributed by atoms with E-state index in [2.05, 4.69) is 5.32 Å². The van der Waals surface area contributed by atoms with Gasteiger partial charge in [-0.05, 0) is 30.0 Å². The molecule has 0 heterocycles. The molecule has 0 fully saturated rings. The zero-order valence-corrected chi connectivity index (χ0v) is 14.7. The highest BCUT2D eigenvalue weighted by Gasteiger charge is 2.22. The second kappa shape index (κ2) is 9.74. The molecule has 0 radical (unpaired) electrons. The van der Waals surface area contributed by atoms with Crippen LogP contribution in [0.25, 0.3) is 0 Å². The van der Waals surface area contributed by atoms with Crippen LogP contribution in [0.4, 0.5) is 0 Å². The normalized spacial score (nSPS) is 12.0. The van der Waals surface area contributed by atoms with Crippen molar-refractivity contribution in [3.05, 3.63) is 34.9 Å². The second-order valence-electron chi connectivity index (χ2n) is 5.40. The third kappa shape index (κ3) is 7.18. The summed E-state index contributed by atoms with van der Waals surface area (Å²) in [6.45, 7) is 3.99. The topological polar surface area (TPSA) is 55.4 Å². The first-order valence-corrected chi connectivity index (χ1v) is 8.65. The molecule has 0 aliphatic rings. The summed E-state index contributed by atoms with van der Waals surface area (Å²) in [5.41, 5.74) is 1.07. The van der Waals surface area contributed by atoms with Gasteiger partial charge in [-0.15, -0.1) is 11.8 Å². The van der Waals surface area contributed by atoms with E-state index in [1.54, 1.807) is 0 Å². The largest absolute Gasteiger partial charge is 0.467 e. The summed E-state index contributed by atoms with van der Waals surface area (Å²) in [7, 11) is 1.33. The lowest BCUT2D eigenvalue weighted by Gasteiger charge is -2.18. The summed E-state index contributed by atoms with van der Waals surface area (Å²) in [5.74, 6) is 0.715. The number of carbonyl (C=O) groups is 2. The zero-order chi connectivity index (χ0) is 16.5. The van der Waals surface area contributed by atoms with Crippen molar-refractivity contribution in [2.24, 2.45) is 5.92 Å². The SMILES string of the molecule is COC(=O)C(CC(C)C)NC(=O)CSCc1cccc(Cl)c1. The fourth-order valence-electron chi connectivity index (χ4n) is 1.95. The number of rotatable bonds is 8. The molecule has 1 amide bonds. The molecule has 1 aromatic carbocycles. The minimum Gasteiger partial charge on any atom is -0.467 e. The van der Waals surface area contributed by atoms with Crippen molar-refractivity contribution in [2.75, 3.05) is 12.9 Å². The average molecular weight is 344 g/mol. The van der Waals surface area contributed by atoms with Crippen molar-refractivity contribution in [1.29, 1.82) is 0 Å². The Labute approximate surface area is 140 Å². The highest BCUT2D eigenvalue weighted by molar-refractivity contribution is 7.99. The first-order valence-electron chi connectivity index (χ1n) is 7.11. The molecule has 0 aromatic heterocycles. The van der Waals surface area contributed by atoms with Crippen LogP contribution in [-0.2, 0) is 20.1 Å². The van der Waals surface area contributed by atoms with E-state index < -0.39 is 12.0 Å². The van der Waals surface area contributed by atoms with Crippen molar-refractivity contribution in [1.82, 2.24) is 5.32 Å². The van der Waals surface area contributed by atoms with Gasteiger partial charge in [-0.2, -0.15) is 0 Å². The predicted octanol–water partition coefficient (Wildman–Crippen LogP) is 3.28. The quantitative estimate of drug-likeness (QED) is 0.736. The molecule has 0 saturated heterocycles. The number of amides is 1. The van der Waals surface area contributed by atoms with Crippen molar-refractivity contribution in [3.8, 4) is 0 Å². The molecule has 1 rings (SSSR count). The third-order valence-corrected chi connectivity index (χ3v) is 4.16. The smallest absolute Gasteiger partial charge is 0.328 e. The average Bonchev–Trinajstić information content (AvgIpc) is 2.45. The summed E-state index contributed by atoms with van der Waals surface area (Å²) in [6.07, 6.45) is 0.567. The Morgan fingerprint density at radius 1 is 1.36 bits per heavy atom. The molecular weight excluding hydrogens is 322 g/mol. The molecule has 4 nitrogen and oxygen atoms in total. The van der Waals surface area contributed by atoms with Gasteiger partial charge in [0.2, 0.25) is 5.91 Å². The van der Waals surface area contributed by atoms with E-state index in [0.717, 1.165) is 5.56 Å². The Morgan fingerprint density at radius 3 is 2.68 bits per heavy atom. The van der Waals surface area contributed by atoms with Gasteiger partial charge < -0.3 is 10.1 Å². The van der Waals surface area contributed by atoms with Crippen LogP contribution in [-0.4, -0.2) is 30.8 Å². The van der Waals surface area contributed by atoms with E-state index in [0.29, 0.717) is 23.1 Å². The van der Waals surface area contributed by atoms with Gasteiger partial charge in [0.05, 0.1) is 12.9 Å². The van der Waals surface area contributed by atoms with E-state index in [-0.39, 0.29) is 11.7 Å². The third-order valence-electron chi connectivity index (χ3n) is 2.92. The van der Waals surface area contributed by atoms with Crippen LogP contribution in [0.2, 0.25) is 5.02 Å². The van der Waals surface area contributed by atoms with Crippen LogP contribution in [0.5, 0.6) is 0 Å². The fraction of sp³-hybridized carbons (Fsp3) is 0.500. The van der Waals surface area contributed by atoms with E-state index in [4.69, 9.17) is 16.3 Å². The lowest BCUT2D eigenvalue weighted by atomic mass is 10.0. The Hall–Kier alpha value is -1.20. The molecule has 1 unspecified atom stereocenters. The summed E-state index contributed by atoms with van der Waals surface area (Å²) in [5, 5.41) is 3.42. The summed E-state index contributed by atoms with van der Waals surface area (Å²) >= 11 is 7.39. The molecule has 0 bridgehead atoms. The molecule has 0 aliphatic heterocycles. The van der Waals surface area contributed by atoms with Crippen molar-refractivity contribution in [3.63, 3.8) is 0 Å². The summed E-state index contributed by atoms with van der Waals surface area (Å²) in [4.78, 5) is 23.6. The number of benzene rings is 1. The standard InChI is InChI=1S/C16H22ClNO3S/c1-11(2)7-14(16(20)21-3)18-15(19)10-22-9-12-5-4-6-13(17)8-12/h4-6,8,11,14H,7,9-10H2,1-3H3,(H,18,19). The summed E-state index contributed by atoms with van der Waals surface area (Å²) in [6, 6.07) is 6.96. The van der Waals surface area contributed by atoms with Gasteiger partial charge in [-0.25, -0.2) is 4.79 Å². The lowest BCUT2D eigenvalue weighted by Crippen LogP contribution is -2.43. The van der Waals surface area contributed by atoms with E-state index in [1.807, 2.05) is 38.1 Å². The van der Waals surface area contributed by atoms with Crippen LogP contribution < -0.4 is 5.32 Å². The minimum absolute atomic E-state index is 0.164. The number of nitrogens with one attached hydrogen (secondary N) is 1. The molecule has 22 heavy (non-hydrogen) atoms. The van der Waals surface area contributed by atoms with Gasteiger partial charge in [-0.3, -0.25) is 4.79 Å². The Kier molecular flexibility index (Phi) is 8.35. The van der Waals surface area contributed by atoms with E-state index in [1.165, 1.54) is 18.9 Å². The monoisotopic (exact) mass is 343 g/mol. The van der Waals surface area contributed by atoms with Crippen LogP contribution in [0, 0.1) is 5.92 Å². The van der Waals surface area contributed by atoms with Crippen molar-refractivity contribution in [2.45, 2.75) is 32.1 Å². The first kappa shape index (κ1) is 18.8. The van der Waals surface area contributed by atoms with Crippen LogP contribution in [0.15, 0.2) is 24.3 Å². The van der Waals surface area contributed by atoms with Gasteiger partial charge >= 0.3 is 5.97 Å². The number of esters is 1. The van der Waals surface area contributed by atoms with Crippen LogP contribution in [0.3, 0.4) is 0 Å². The number of hydrogen-bond donors (Lipinski definition) is 1. The van der Waals surface area contributed by atoms with Crippen LogP contribution >= 0.6 is 23.4 Å². The van der Waals surface area contributed by atoms with Crippen molar-refractivity contribution >= 4 is 35.2 Å². The first-order chi connectivity index (χ1) is 10.4. The fourth-order valence-corrected chi connectivity index (χ4v) is 2.95. The molecule has 1 atom stereocenters.